The highest BCUT2D eigenvalue weighted by atomic mass is 79.9. The molecule has 0 spiro atoms. The van der Waals surface area contributed by atoms with E-state index < -0.39 is 0 Å². The summed E-state index contributed by atoms with van der Waals surface area (Å²) in [6, 6.07) is 3.55. The summed E-state index contributed by atoms with van der Waals surface area (Å²) in [5.41, 5.74) is 1.55. The van der Waals surface area contributed by atoms with E-state index in [9.17, 15) is 0 Å². The molecule has 108 valence electrons. The van der Waals surface area contributed by atoms with Gasteiger partial charge in [0.05, 0.1) is 3.79 Å². The van der Waals surface area contributed by atoms with Gasteiger partial charge < -0.3 is 5.32 Å². The number of hydrogen-bond donors (Lipinski definition) is 1. The zero-order valence-corrected chi connectivity index (χ0v) is 14.7. The Bertz CT molecular complexity index is 399. The van der Waals surface area contributed by atoms with E-state index in [2.05, 4.69) is 48.1 Å². The van der Waals surface area contributed by atoms with E-state index in [1.54, 1.807) is 10.4 Å². The second-order valence-electron chi connectivity index (χ2n) is 6.27. The van der Waals surface area contributed by atoms with E-state index in [1.165, 1.54) is 42.3 Å². The summed E-state index contributed by atoms with van der Waals surface area (Å²) in [5, 5.41) is 3.85. The van der Waals surface area contributed by atoms with Gasteiger partial charge in [-0.2, -0.15) is 0 Å². The van der Waals surface area contributed by atoms with Crippen LogP contribution >= 0.6 is 27.3 Å². The maximum Gasteiger partial charge on any atom is 0.0704 e. The van der Waals surface area contributed by atoms with Crippen LogP contribution in [0, 0.1) is 5.92 Å². The highest BCUT2D eigenvalue weighted by molar-refractivity contribution is 9.11. The first kappa shape index (κ1) is 15.5. The van der Waals surface area contributed by atoms with Crippen LogP contribution in [0.4, 0.5) is 0 Å². The first-order valence-corrected chi connectivity index (χ1v) is 9.21. The number of halogens is 1. The molecule has 0 bridgehead atoms. The summed E-state index contributed by atoms with van der Waals surface area (Å²) in [4.78, 5) is 1.59. The molecule has 19 heavy (non-hydrogen) atoms. The number of thiophene rings is 1. The van der Waals surface area contributed by atoms with Crippen LogP contribution in [-0.4, -0.2) is 6.04 Å². The first-order valence-electron chi connectivity index (χ1n) is 7.60. The molecule has 0 amide bonds. The average molecular weight is 344 g/mol. The third-order valence-electron chi connectivity index (χ3n) is 3.99. The largest absolute Gasteiger partial charge is 0.307 e. The molecule has 1 heterocycles. The fourth-order valence-electron chi connectivity index (χ4n) is 2.95. The van der Waals surface area contributed by atoms with Crippen molar-refractivity contribution in [1.82, 2.24) is 5.32 Å². The quantitative estimate of drug-likeness (QED) is 0.699. The summed E-state index contributed by atoms with van der Waals surface area (Å²) in [6.45, 7) is 6.97. The molecule has 1 aromatic heterocycles. The van der Waals surface area contributed by atoms with Crippen molar-refractivity contribution in [3.8, 4) is 0 Å². The monoisotopic (exact) mass is 343 g/mol. The SMILES string of the molecule is CC(C)CCCC(C)NC1CCCc2sc(Br)cc21. The normalized spacial score (nSPS) is 20.6. The minimum absolute atomic E-state index is 0.584. The Morgan fingerprint density at radius 2 is 2.16 bits per heavy atom. The molecule has 0 radical (unpaired) electrons. The van der Waals surface area contributed by atoms with Gasteiger partial charge in [-0.05, 0) is 66.1 Å². The molecule has 1 aliphatic carbocycles. The van der Waals surface area contributed by atoms with Crippen molar-refractivity contribution in [2.75, 3.05) is 0 Å². The number of hydrogen-bond acceptors (Lipinski definition) is 2. The Balaban J connectivity index is 1.86. The van der Waals surface area contributed by atoms with Crippen molar-refractivity contribution in [3.63, 3.8) is 0 Å². The van der Waals surface area contributed by atoms with Gasteiger partial charge in [0.1, 0.15) is 0 Å². The summed E-state index contributed by atoms with van der Waals surface area (Å²) in [7, 11) is 0. The van der Waals surface area contributed by atoms with E-state index >= 15 is 0 Å². The maximum atomic E-state index is 3.85. The van der Waals surface area contributed by atoms with Crippen molar-refractivity contribution in [2.45, 2.75) is 71.4 Å². The third-order valence-corrected chi connectivity index (χ3v) is 5.70. The fraction of sp³-hybridized carbons (Fsp3) is 0.750. The highest BCUT2D eigenvalue weighted by Crippen LogP contribution is 2.38. The Morgan fingerprint density at radius 1 is 1.37 bits per heavy atom. The van der Waals surface area contributed by atoms with Gasteiger partial charge in [-0.25, -0.2) is 0 Å². The van der Waals surface area contributed by atoms with Gasteiger partial charge in [0.15, 0.2) is 0 Å². The van der Waals surface area contributed by atoms with Gasteiger partial charge in [-0.15, -0.1) is 11.3 Å². The Kier molecular flexibility index (Phi) is 5.91. The minimum atomic E-state index is 0.584. The molecule has 2 rings (SSSR count). The van der Waals surface area contributed by atoms with E-state index in [4.69, 9.17) is 0 Å². The van der Waals surface area contributed by atoms with Crippen LogP contribution in [-0.2, 0) is 6.42 Å². The molecule has 0 aromatic carbocycles. The van der Waals surface area contributed by atoms with E-state index in [0.717, 1.165) is 5.92 Å². The lowest BCUT2D eigenvalue weighted by molar-refractivity contribution is 0.382. The fourth-order valence-corrected chi connectivity index (χ4v) is 4.77. The van der Waals surface area contributed by atoms with Crippen molar-refractivity contribution in [1.29, 1.82) is 0 Å². The predicted octanol–water partition coefficient (Wildman–Crippen LogP) is 5.69. The van der Waals surface area contributed by atoms with Gasteiger partial charge in [-0.3, -0.25) is 0 Å². The van der Waals surface area contributed by atoms with Crippen LogP contribution in [0.5, 0.6) is 0 Å². The van der Waals surface area contributed by atoms with Crippen LogP contribution in [0.25, 0.3) is 0 Å². The summed E-state index contributed by atoms with van der Waals surface area (Å²) >= 11 is 5.55. The van der Waals surface area contributed by atoms with Gasteiger partial charge >= 0.3 is 0 Å². The number of rotatable bonds is 6. The molecule has 0 saturated heterocycles. The van der Waals surface area contributed by atoms with Crippen LogP contribution in [0.1, 0.15) is 69.4 Å². The molecule has 3 heteroatoms. The van der Waals surface area contributed by atoms with Crippen LogP contribution < -0.4 is 5.32 Å². The zero-order chi connectivity index (χ0) is 13.8. The van der Waals surface area contributed by atoms with Crippen molar-refractivity contribution >= 4 is 27.3 Å². The Labute approximate surface area is 130 Å². The van der Waals surface area contributed by atoms with Crippen molar-refractivity contribution in [2.24, 2.45) is 5.92 Å². The Hall–Kier alpha value is 0.140. The second-order valence-corrected chi connectivity index (χ2v) is 8.78. The van der Waals surface area contributed by atoms with Gasteiger partial charge in [-0.1, -0.05) is 26.7 Å². The van der Waals surface area contributed by atoms with Crippen LogP contribution in [0.3, 0.4) is 0 Å². The lowest BCUT2D eigenvalue weighted by Crippen LogP contribution is -2.32. The summed E-state index contributed by atoms with van der Waals surface area (Å²) in [6.07, 6.45) is 7.90. The molecule has 1 aromatic rings. The third kappa shape index (κ3) is 4.57. The minimum Gasteiger partial charge on any atom is -0.307 e. The van der Waals surface area contributed by atoms with Gasteiger partial charge in [0, 0.05) is 17.0 Å². The van der Waals surface area contributed by atoms with Crippen molar-refractivity contribution in [3.05, 3.63) is 20.3 Å². The zero-order valence-electron chi connectivity index (χ0n) is 12.3. The molecular weight excluding hydrogens is 318 g/mol. The lowest BCUT2D eigenvalue weighted by atomic mass is 9.93. The smallest absolute Gasteiger partial charge is 0.0704 e. The number of aryl methyl sites for hydroxylation is 1. The Morgan fingerprint density at radius 3 is 2.89 bits per heavy atom. The second kappa shape index (κ2) is 7.24. The van der Waals surface area contributed by atoms with Crippen LogP contribution in [0.15, 0.2) is 9.85 Å². The van der Waals surface area contributed by atoms with E-state index in [0.29, 0.717) is 12.1 Å². The number of fused-ring (bicyclic) bond motifs is 1. The highest BCUT2D eigenvalue weighted by Gasteiger charge is 2.23. The van der Waals surface area contributed by atoms with Gasteiger partial charge in [0.25, 0.3) is 0 Å². The van der Waals surface area contributed by atoms with Crippen LogP contribution in [0.2, 0.25) is 0 Å². The van der Waals surface area contributed by atoms with E-state index in [-0.39, 0.29) is 0 Å². The molecule has 2 atom stereocenters. The van der Waals surface area contributed by atoms with E-state index in [1.807, 2.05) is 11.3 Å². The molecule has 1 nitrogen and oxygen atoms in total. The molecule has 0 saturated carbocycles. The molecule has 0 fully saturated rings. The molecule has 1 aliphatic rings. The molecular formula is C16H26BrNS. The van der Waals surface area contributed by atoms with Crippen molar-refractivity contribution < 1.29 is 0 Å². The molecule has 1 N–H and O–H groups in total. The first-order chi connectivity index (χ1) is 9.06. The van der Waals surface area contributed by atoms with Gasteiger partial charge in [0.2, 0.25) is 0 Å². The number of nitrogens with one attached hydrogen (secondary N) is 1. The topological polar surface area (TPSA) is 12.0 Å². The summed E-state index contributed by atoms with van der Waals surface area (Å²) in [5.74, 6) is 0.835. The molecule has 2 unspecified atom stereocenters. The molecule has 0 aliphatic heterocycles. The maximum absolute atomic E-state index is 3.85. The summed E-state index contributed by atoms with van der Waals surface area (Å²) < 4.78 is 1.29. The standard InChI is InChI=1S/C16H26BrNS/c1-11(2)6-4-7-12(3)18-14-8-5-9-15-13(14)10-16(17)19-15/h10-12,14,18H,4-9H2,1-3H3. The predicted molar refractivity (Wildman–Crippen MR) is 89.0 cm³/mol. The average Bonchev–Trinajstić information content (AvgIpc) is 2.70. The lowest BCUT2D eigenvalue weighted by Gasteiger charge is -2.27.